The van der Waals surface area contributed by atoms with Gasteiger partial charge in [0.05, 0.1) is 5.60 Å². The van der Waals surface area contributed by atoms with Crippen molar-refractivity contribution in [2.24, 2.45) is 0 Å². The third kappa shape index (κ3) is 1.48. The summed E-state index contributed by atoms with van der Waals surface area (Å²) in [6.07, 6.45) is 1.84. The summed E-state index contributed by atoms with van der Waals surface area (Å²) in [6.45, 7) is 9.12. The van der Waals surface area contributed by atoms with Crippen molar-refractivity contribution in [1.82, 2.24) is 0 Å². The quantitative estimate of drug-likeness (QED) is 0.477. The molecule has 74 valence electrons. The molecule has 0 unspecified atom stereocenters. The maximum Gasteiger partial charge on any atom is 0.164 e. The van der Waals surface area contributed by atoms with E-state index < -0.39 is 8.07 Å². The molecule has 0 aromatic rings. The molecule has 1 saturated carbocycles. The van der Waals surface area contributed by atoms with Gasteiger partial charge in [-0.1, -0.05) is 19.6 Å². The summed E-state index contributed by atoms with van der Waals surface area (Å²) in [7, 11) is -1.16. The van der Waals surface area contributed by atoms with Crippen molar-refractivity contribution in [2.75, 3.05) is 0 Å². The van der Waals surface area contributed by atoms with Crippen molar-refractivity contribution in [3.8, 4) is 0 Å². The number of Topliss-reactive ketones (excluding diaryl/α,β-unsaturated/α-hetero) is 1. The first-order valence-corrected chi connectivity index (χ1v) is 8.61. The molecule has 0 aromatic heterocycles. The van der Waals surface area contributed by atoms with Gasteiger partial charge in [-0.3, -0.25) is 4.79 Å². The Morgan fingerprint density at radius 2 is 2.08 bits per heavy atom. The first-order chi connectivity index (χ1) is 5.83. The molecule has 3 heteroatoms. The fraction of sp³-hybridized carbons (Fsp3) is 0.900. The Labute approximate surface area is 80.7 Å². The second-order valence-electron chi connectivity index (χ2n) is 5.75. The van der Waals surface area contributed by atoms with E-state index in [1.54, 1.807) is 0 Å². The van der Waals surface area contributed by atoms with Gasteiger partial charge in [0, 0.05) is 14.5 Å². The first kappa shape index (κ1) is 9.40. The molecule has 0 spiro atoms. The molecule has 3 atom stereocenters. The number of rotatable bonds is 1. The van der Waals surface area contributed by atoms with E-state index in [9.17, 15) is 4.79 Å². The topological polar surface area (TPSA) is 29.6 Å². The first-order valence-electron chi connectivity index (χ1n) is 5.03. The minimum Gasteiger partial charge on any atom is -0.358 e. The Morgan fingerprint density at radius 1 is 1.46 bits per heavy atom. The van der Waals surface area contributed by atoms with Gasteiger partial charge in [-0.25, -0.2) is 0 Å². The van der Waals surface area contributed by atoms with Crippen molar-refractivity contribution in [1.29, 1.82) is 0 Å². The van der Waals surface area contributed by atoms with Crippen molar-refractivity contribution in [2.45, 2.75) is 56.7 Å². The monoisotopic (exact) mass is 198 g/mol. The van der Waals surface area contributed by atoms with Gasteiger partial charge in [-0.15, -0.1) is 0 Å². The van der Waals surface area contributed by atoms with Crippen LogP contribution < -0.4 is 0 Å². The van der Waals surface area contributed by atoms with Crippen LogP contribution in [0.3, 0.4) is 0 Å². The Kier molecular flexibility index (Phi) is 1.77. The van der Waals surface area contributed by atoms with Crippen LogP contribution in [0.2, 0.25) is 25.2 Å². The van der Waals surface area contributed by atoms with E-state index >= 15 is 0 Å². The molecule has 0 aromatic carbocycles. The largest absolute Gasteiger partial charge is 0.358 e. The highest BCUT2D eigenvalue weighted by Gasteiger charge is 2.61. The number of ether oxygens (including phenoxy) is 1. The maximum absolute atomic E-state index is 11.6. The van der Waals surface area contributed by atoms with Gasteiger partial charge in [0.25, 0.3) is 0 Å². The van der Waals surface area contributed by atoms with Gasteiger partial charge in [0.1, 0.15) is 6.10 Å². The molecule has 13 heavy (non-hydrogen) atoms. The Hall–Kier alpha value is -0.153. The molecule has 0 N–H and O–H groups in total. The van der Waals surface area contributed by atoms with E-state index in [-0.39, 0.29) is 11.7 Å². The summed E-state index contributed by atoms with van der Waals surface area (Å²) in [6, 6.07) is 0. The molecule has 2 nitrogen and oxygen atoms in total. The van der Waals surface area contributed by atoms with Crippen LogP contribution in [0.4, 0.5) is 0 Å². The lowest BCUT2D eigenvalue weighted by Crippen LogP contribution is -2.38. The number of fused-ring (bicyclic) bond motifs is 1. The highest BCUT2D eigenvalue weighted by atomic mass is 28.3. The van der Waals surface area contributed by atoms with Gasteiger partial charge >= 0.3 is 0 Å². The summed E-state index contributed by atoms with van der Waals surface area (Å²) < 4.78 is 5.48. The van der Waals surface area contributed by atoms with E-state index in [0.29, 0.717) is 11.3 Å². The van der Waals surface area contributed by atoms with Crippen LogP contribution in [0.15, 0.2) is 0 Å². The summed E-state index contributed by atoms with van der Waals surface area (Å²) in [5, 5.41) is 0. The third-order valence-electron chi connectivity index (χ3n) is 3.50. The summed E-state index contributed by atoms with van der Waals surface area (Å²) >= 11 is 0. The number of hydrogen-bond donors (Lipinski definition) is 0. The number of epoxide rings is 1. The lowest BCUT2D eigenvalue weighted by molar-refractivity contribution is -0.120. The van der Waals surface area contributed by atoms with Crippen LogP contribution in [-0.4, -0.2) is 25.6 Å². The van der Waals surface area contributed by atoms with Crippen LogP contribution >= 0.6 is 0 Å². The Morgan fingerprint density at radius 3 is 2.54 bits per heavy atom. The van der Waals surface area contributed by atoms with Gasteiger partial charge in [0.15, 0.2) is 5.78 Å². The van der Waals surface area contributed by atoms with Crippen LogP contribution in [0, 0.1) is 0 Å². The molecule has 1 aliphatic heterocycles. The standard InChI is InChI=1S/C10H18O2Si/c1-10-6-7(13(2,3)4)5-8(11)9(10)12-10/h7,9H,5-6H2,1-4H3/t7-,9-,10+/m1/s1. The lowest BCUT2D eigenvalue weighted by Gasteiger charge is -2.32. The van der Waals surface area contributed by atoms with E-state index in [1.807, 2.05) is 0 Å². The number of hydrogen-bond acceptors (Lipinski definition) is 2. The Bertz CT molecular complexity index is 256. The molecule has 2 aliphatic rings. The molecule has 0 bridgehead atoms. The van der Waals surface area contributed by atoms with Crippen molar-refractivity contribution in [3.63, 3.8) is 0 Å². The van der Waals surface area contributed by atoms with Crippen molar-refractivity contribution in [3.05, 3.63) is 0 Å². The molecule has 2 fully saturated rings. The highest BCUT2D eigenvalue weighted by Crippen LogP contribution is 2.52. The number of ketones is 1. The van der Waals surface area contributed by atoms with Crippen LogP contribution in [-0.2, 0) is 9.53 Å². The fourth-order valence-corrected chi connectivity index (χ4v) is 4.15. The highest BCUT2D eigenvalue weighted by molar-refractivity contribution is 6.77. The molecule has 1 saturated heterocycles. The number of carbonyl (C=O) groups excluding carboxylic acids is 1. The second-order valence-corrected chi connectivity index (χ2v) is 11.3. The third-order valence-corrected chi connectivity index (χ3v) is 6.36. The van der Waals surface area contributed by atoms with Crippen molar-refractivity contribution >= 4 is 13.9 Å². The summed E-state index contributed by atoms with van der Waals surface area (Å²) in [5.74, 6) is 0.348. The van der Waals surface area contributed by atoms with Crippen molar-refractivity contribution < 1.29 is 9.53 Å². The van der Waals surface area contributed by atoms with Crippen LogP contribution in [0.1, 0.15) is 19.8 Å². The normalized spacial score (nSPS) is 44.5. The minimum absolute atomic E-state index is 0.0416. The lowest BCUT2D eigenvalue weighted by atomic mass is 9.89. The SMILES string of the molecule is C[C@]12C[C@H]([Si](C)(C)C)CC(=O)[C@H]1O2. The molecule has 2 rings (SSSR count). The Balaban J connectivity index is 2.14. The van der Waals surface area contributed by atoms with E-state index in [0.717, 1.165) is 12.8 Å². The van der Waals surface area contributed by atoms with E-state index in [2.05, 4.69) is 26.6 Å². The number of carbonyl (C=O) groups is 1. The van der Waals surface area contributed by atoms with Gasteiger partial charge in [-0.05, 0) is 18.9 Å². The molecular weight excluding hydrogens is 180 g/mol. The predicted molar refractivity (Wildman–Crippen MR) is 54.6 cm³/mol. The molecule has 1 heterocycles. The molecule has 0 radical (unpaired) electrons. The van der Waals surface area contributed by atoms with Gasteiger partial charge in [-0.2, -0.15) is 0 Å². The fourth-order valence-electron chi connectivity index (χ4n) is 2.32. The molecular formula is C10H18O2Si. The molecule has 1 aliphatic carbocycles. The van der Waals surface area contributed by atoms with Gasteiger partial charge < -0.3 is 4.74 Å². The van der Waals surface area contributed by atoms with E-state index in [1.165, 1.54) is 0 Å². The summed E-state index contributed by atoms with van der Waals surface area (Å²) in [4.78, 5) is 11.6. The zero-order chi connectivity index (χ0) is 9.85. The zero-order valence-corrected chi connectivity index (χ0v) is 9.89. The minimum atomic E-state index is -1.16. The smallest absolute Gasteiger partial charge is 0.164 e. The average molecular weight is 198 g/mol. The molecule has 0 amide bonds. The zero-order valence-electron chi connectivity index (χ0n) is 8.89. The average Bonchev–Trinajstić information content (AvgIpc) is 2.59. The van der Waals surface area contributed by atoms with Crippen LogP contribution in [0.5, 0.6) is 0 Å². The maximum atomic E-state index is 11.6. The predicted octanol–water partition coefficient (Wildman–Crippen LogP) is 2.22. The summed E-state index contributed by atoms with van der Waals surface area (Å²) in [5.41, 5.74) is 0.559. The van der Waals surface area contributed by atoms with Gasteiger partial charge in [0.2, 0.25) is 0 Å². The second kappa shape index (κ2) is 2.45. The van der Waals surface area contributed by atoms with E-state index in [4.69, 9.17) is 4.74 Å². The van der Waals surface area contributed by atoms with Crippen LogP contribution in [0.25, 0.3) is 0 Å².